The fourth-order valence-corrected chi connectivity index (χ4v) is 13.3. The van der Waals surface area contributed by atoms with Gasteiger partial charge in [-0.1, -0.05) is 344 Å². The number of hydrogen-bond donors (Lipinski definition) is 3. The van der Waals surface area contributed by atoms with Crippen LogP contribution < -0.4 is 0 Å². The highest BCUT2D eigenvalue weighted by molar-refractivity contribution is 7.47. The van der Waals surface area contributed by atoms with Crippen molar-refractivity contribution in [2.75, 3.05) is 39.6 Å². The third kappa shape index (κ3) is 67.9. The summed E-state index contributed by atoms with van der Waals surface area (Å²) < 4.78 is 68.6. The third-order valence-corrected chi connectivity index (χ3v) is 20.5. The Kier molecular flexibility index (Phi) is 66.2. The number of unbranched alkanes of at least 4 members (excludes halogenated alkanes) is 41. The van der Waals surface area contributed by atoms with Crippen LogP contribution in [0.2, 0.25) is 0 Å². The van der Waals surface area contributed by atoms with Crippen LogP contribution in [0.4, 0.5) is 0 Å². The van der Waals surface area contributed by atoms with Gasteiger partial charge in [-0.3, -0.25) is 37.3 Å². The molecule has 7 atom stereocenters. The molecule has 0 aliphatic carbocycles. The van der Waals surface area contributed by atoms with Gasteiger partial charge in [-0.25, -0.2) is 9.13 Å². The summed E-state index contributed by atoms with van der Waals surface area (Å²) in [6, 6.07) is 0. The number of aliphatic hydroxyl groups is 1. The van der Waals surface area contributed by atoms with Crippen LogP contribution in [0.1, 0.15) is 395 Å². The summed E-state index contributed by atoms with van der Waals surface area (Å²) >= 11 is 0. The van der Waals surface area contributed by atoms with Crippen LogP contribution in [-0.2, 0) is 65.4 Å². The van der Waals surface area contributed by atoms with Crippen molar-refractivity contribution in [3.05, 3.63) is 0 Å². The van der Waals surface area contributed by atoms with Gasteiger partial charge in [0.2, 0.25) is 0 Å². The molecule has 19 heteroatoms. The number of phosphoric acid groups is 2. The standard InChI is InChI=1S/C77H150O17P2/c1-8-11-12-13-14-15-16-17-18-19-20-21-22-25-29-39-46-53-60-76(81)93-72(64-87-74(79)58-51-44-37-28-26-23-24-27-34-41-48-55-68(4)5)66-91-95(83,84)89-62-71(78)63-90-96(85,86)92-67-73(94-77(82)61-54-47-40-33-31-36-43-50-57-70(7)10-3)65-88-75(80)59-52-45-38-32-30-35-42-49-56-69(6)9-2/h68-73,78H,8-67H2,1-7H3,(H,83,84)(H,85,86)/t69?,70?,71-,72-,73-/m1/s1. The quantitative estimate of drug-likeness (QED) is 0.0222. The van der Waals surface area contributed by atoms with E-state index in [0.717, 1.165) is 108 Å². The molecule has 0 spiro atoms. The normalized spacial score (nSPS) is 14.6. The zero-order chi connectivity index (χ0) is 70.9. The maximum absolute atomic E-state index is 13.1. The Bertz CT molecular complexity index is 1870. The fraction of sp³-hybridized carbons (Fsp3) is 0.948. The van der Waals surface area contributed by atoms with E-state index in [1.807, 2.05) is 0 Å². The molecule has 0 heterocycles. The average Bonchev–Trinajstić information content (AvgIpc) is 2.60. The number of aliphatic hydroxyl groups excluding tert-OH is 1. The van der Waals surface area contributed by atoms with Gasteiger partial charge in [-0.2, -0.15) is 0 Å². The maximum atomic E-state index is 13.1. The van der Waals surface area contributed by atoms with E-state index in [0.29, 0.717) is 25.7 Å². The maximum Gasteiger partial charge on any atom is 0.472 e. The smallest absolute Gasteiger partial charge is 0.462 e. The van der Waals surface area contributed by atoms with Gasteiger partial charge < -0.3 is 33.8 Å². The Hall–Kier alpha value is -1.94. The number of ether oxygens (including phenoxy) is 4. The zero-order valence-corrected chi connectivity index (χ0v) is 64.6. The molecule has 0 rings (SSSR count). The van der Waals surface area contributed by atoms with E-state index in [9.17, 15) is 43.2 Å². The molecule has 4 unspecified atom stereocenters. The largest absolute Gasteiger partial charge is 0.472 e. The van der Waals surface area contributed by atoms with E-state index in [1.54, 1.807) is 0 Å². The molecule has 0 aromatic rings. The van der Waals surface area contributed by atoms with Crippen LogP contribution in [-0.4, -0.2) is 96.7 Å². The predicted molar refractivity (Wildman–Crippen MR) is 391 cm³/mol. The lowest BCUT2D eigenvalue weighted by atomic mass is 9.99. The second kappa shape index (κ2) is 67.5. The summed E-state index contributed by atoms with van der Waals surface area (Å²) in [5, 5.41) is 10.6. The SMILES string of the molecule is CCCCCCCCCCCCCCCCCCCCC(=O)O[C@H](COC(=O)CCCCCCCCCCCCCC(C)C)COP(=O)(O)OC[C@@H](O)COP(=O)(O)OC[C@@H](COC(=O)CCCCCCCCCCC(C)CC)OC(=O)CCCCCCCCCCC(C)CC. The molecule has 17 nitrogen and oxygen atoms in total. The summed E-state index contributed by atoms with van der Waals surface area (Å²) in [7, 11) is -9.92. The van der Waals surface area contributed by atoms with E-state index in [2.05, 4.69) is 48.5 Å². The van der Waals surface area contributed by atoms with Crippen molar-refractivity contribution in [3.63, 3.8) is 0 Å². The summed E-state index contributed by atoms with van der Waals surface area (Å²) in [5.41, 5.74) is 0. The first-order valence-electron chi connectivity index (χ1n) is 39.9. The van der Waals surface area contributed by atoms with Crippen molar-refractivity contribution < 1.29 is 80.2 Å². The monoisotopic (exact) mass is 1410 g/mol. The van der Waals surface area contributed by atoms with Crippen molar-refractivity contribution in [2.24, 2.45) is 17.8 Å². The highest BCUT2D eigenvalue weighted by Gasteiger charge is 2.30. The van der Waals surface area contributed by atoms with Crippen LogP contribution in [0.3, 0.4) is 0 Å². The molecule has 570 valence electrons. The van der Waals surface area contributed by atoms with Gasteiger partial charge in [-0.05, 0) is 43.4 Å². The highest BCUT2D eigenvalue weighted by Crippen LogP contribution is 2.45. The summed E-state index contributed by atoms with van der Waals surface area (Å²) in [4.78, 5) is 72.9. The Morgan fingerprint density at radius 3 is 0.792 bits per heavy atom. The molecule has 0 amide bonds. The number of carbonyl (C=O) groups is 4. The van der Waals surface area contributed by atoms with Crippen LogP contribution in [0.25, 0.3) is 0 Å². The van der Waals surface area contributed by atoms with Crippen LogP contribution in [0.5, 0.6) is 0 Å². The second-order valence-electron chi connectivity index (χ2n) is 28.7. The van der Waals surface area contributed by atoms with Gasteiger partial charge in [0, 0.05) is 25.7 Å². The molecule has 0 aliphatic rings. The van der Waals surface area contributed by atoms with Crippen molar-refractivity contribution in [1.29, 1.82) is 0 Å². The zero-order valence-electron chi connectivity index (χ0n) is 62.8. The molecule has 3 N–H and O–H groups in total. The minimum absolute atomic E-state index is 0.104. The van der Waals surface area contributed by atoms with Crippen molar-refractivity contribution in [3.8, 4) is 0 Å². The van der Waals surface area contributed by atoms with Gasteiger partial charge in [0.15, 0.2) is 12.2 Å². The molecule has 0 aromatic carbocycles. The molecule has 0 radical (unpaired) electrons. The number of hydrogen-bond acceptors (Lipinski definition) is 15. The molecule has 0 saturated carbocycles. The number of esters is 4. The first-order chi connectivity index (χ1) is 46.3. The topological polar surface area (TPSA) is 237 Å². The first kappa shape index (κ1) is 94.1. The van der Waals surface area contributed by atoms with Gasteiger partial charge in [0.1, 0.15) is 19.3 Å². The summed E-state index contributed by atoms with van der Waals surface area (Å²) in [6.45, 7) is 11.9. The Balaban J connectivity index is 5.26. The number of rotatable bonds is 75. The number of carbonyl (C=O) groups excluding carboxylic acids is 4. The Morgan fingerprint density at radius 2 is 0.531 bits per heavy atom. The lowest BCUT2D eigenvalue weighted by Gasteiger charge is -2.21. The van der Waals surface area contributed by atoms with Gasteiger partial charge in [0.25, 0.3) is 0 Å². The molecule has 0 aromatic heterocycles. The first-order valence-corrected chi connectivity index (χ1v) is 42.9. The Morgan fingerprint density at radius 1 is 0.302 bits per heavy atom. The van der Waals surface area contributed by atoms with E-state index in [4.69, 9.17) is 37.0 Å². The molecular weight excluding hydrogens is 1260 g/mol. The molecule has 0 saturated heterocycles. The van der Waals surface area contributed by atoms with Crippen molar-refractivity contribution in [2.45, 2.75) is 414 Å². The minimum atomic E-state index is -4.96. The lowest BCUT2D eigenvalue weighted by molar-refractivity contribution is -0.161. The summed E-state index contributed by atoms with van der Waals surface area (Å²) in [5.74, 6) is 0.200. The highest BCUT2D eigenvalue weighted by atomic mass is 31.2. The Labute approximate surface area is 588 Å². The van der Waals surface area contributed by atoms with Gasteiger partial charge >= 0.3 is 39.5 Å². The van der Waals surface area contributed by atoms with E-state index < -0.39 is 97.5 Å². The van der Waals surface area contributed by atoms with Crippen LogP contribution >= 0.6 is 15.6 Å². The van der Waals surface area contributed by atoms with Crippen molar-refractivity contribution in [1.82, 2.24) is 0 Å². The van der Waals surface area contributed by atoms with Crippen LogP contribution in [0.15, 0.2) is 0 Å². The van der Waals surface area contributed by atoms with E-state index in [-0.39, 0.29) is 25.7 Å². The number of phosphoric ester groups is 2. The molecule has 0 fully saturated rings. The van der Waals surface area contributed by atoms with Gasteiger partial charge in [0.05, 0.1) is 26.4 Å². The fourth-order valence-electron chi connectivity index (χ4n) is 11.7. The van der Waals surface area contributed by atoms with E-state index >= 15 is 0 Å². The minimum Gasteiger partial charge on any atom is -0.462 e. The lowest BCUT2D eigenvalue weighted by Crippen LogP contribution is -2.30. The molecular formula is C77H150O17P2. The second-order valence-corrected chi connectivity index (χ2v) is 31.6. The third-order valence-electron chi connectivity index (χ3n) is 18.6. The predicted octanol–water partition coefficient (Wildman–Crippen LogP) is 22.6. The van der Waals surface area contributed by atoms with Gasteiger partial charge in [-0.15, -0.1) is 0 Å². The van der Waals surface area contributed by atoms with Crippen molar-refractivity contribution >= 4 is 39.5 Å². The van der Waals surface area contributed by atoms with E-state index in [1.165, 1.54) is 205 Å². The molecule has 0 bridgehead atoms. The molecule has 96 heavy (non-hydrogen) atoms. The average molecular weight is 1410 g/mol. The van der Waals surface area contributed by atoms with Crippen LogP contribution in [0, 0.1) is 17.8 Å². The molecule has 0 aliphatic heterocycles. The summed E-state index contributed by atoms with van der Waals surface area (Å²) in [6.07, 6.45) is 54.0.